The minimum Gasteiger partial charge on any atom is -0.445 e. The van der Waals surface area contributed by atoms with Crippen LogP contribution in [-0.2, 0) is 29.0 Å². The first-order chi connectivity index (χ1) is 15.1. The number of hydrogen-bond donors (Lipinski definition) is 2. The maximum absolute atomic E-state index is 12.7. The van der Waals surface area contributed by atoms with E-state index in [1.54, 1.807) is 6.92 Å². The molecule has 2 aromatic carbocycles. The Hall–Kier alpha value is -3.68. The minimum absolute atomic E-state index is 0.135. The van der Waals surface area contributed by atoms with E-state index in [4.69, 9.17) is 9.26 Å². The van der Waals surface area contributed by atoms with Crippen molar-refractivity contribution in [3.8, 4) is 0 Å². The number of ether oxygens (including phenoxy) is 1. The summed E-state index contributed by atoms with van der Waals surface area (Å²) < 4.78 is 10.3. The summed E-state index contributed by atoms with van der Waals surface area (Å²) in [6, 6.07) is 18.1. The van der Waals surface area contributed by atoms with Crippen LogP contribution in [0.4, 0.5) is 4.79 Å². The topological polar surface area (TPSA) is 106 Å². The molecule has 162 valence electrons. The van der Waals surface area contributed by atoms with E-state index in [0.717, 1.165) is 11.1 Å². The molecular formula is C23H26N4O4. The molecule has 2 N–H and O–H groups in total. The van der Waals surface area contributed by atoms with E-state index < -0.39 is 12.1 Å². The van der Waals surface area contributed by atoms with Crippen LogP contribution in [0.2, 0.25) is 0 Å². The molecule has 0 aliphatic rings. The van der Waals surface area contributed by atoms with Crippen LogP contribution in [0.3, 0.4) is 0 Å². The van der Waals surface area contributed by atoms with Crippen molar-refractivity contribution in [2.24, 2.45) is 0 Å². The standard InChI is InChI=1S/C23H26N4O4/c1-17-25-21(31-27-17)13-8-14-24-22(28)20(15-18-9-4-2-5-10-18)26-23(29)30-16-19-11-6-3-7-12-19/h2-7,9-12,20H,8,13-16H2,1H3,(H,24,28)(H,26,29). The van der Waals surface area contributed by atoms with Crippen molar-refractivity contribution < 1.29 is 18.8 Å². The van der Waals surface area contributed by atoms with Crippen LogP contribution in [0.5, 0.6) is 0 Å². The Balaban J connectivity index is 1.51. The Morgan fingerprint density at radius 1 is 1.03 bits per heavy atom. The van der Waals surface area contributed by atoms with Crippen molar-refractivity contribution in [1.29, 1.82) is 0 Å². The van der Waals surface area contributed by atoms with E-state index in [0.29, 0.717) is 37.5 Å². The van der Waals surface area contributed by atoms with Gasteiger partial charge in [-0.15, -0.1) is 0 Å². The number of alkyl carbamates (subject to hydrolysis) is 1. The number of aryl methyl sites for hydroxylation is 2. The quantitative estimate of drug-likeness (QED) is 0.487. The fraction of sp³-hybridized carbons (Fsp3) is 0.304. The third-order valence-electron chi connectivity index (χ3n) is 4.54. The average Bonchev–Trinajstić information content (AvgIpc) is 3.21. The molecule has 8 nitrogen and oxygen atoms in total. The van der Waals surface area contributed by atoms with Crippen molar-refractivity contribution in [3.63, 3.8) is 0 Å². The molecule has 0 spiro atoms. The highest BCUT2D eigenvalue weighted by molar-refractivity contribution is 5.85. The molecule has 8 heteroatoms. The molecule has 0 radical (unpaired) electrons. The molecule has 0 bridgehead atoms. The first-order valence-corrected chi connectivity index (χ1v) is 10.2. The highest BCUT2D eigenvalue weighted by Gasteiger charge is 2.22. The second-order valence-electron chi connectivity index (χ2n) is 7.08. The molecule has 0 saturated carbocycles. The number of nitrogens with one attached hydrogen (secondary N) is 2. The van der Waals surface area contributed by atoms with Crippen LogP contribution in [0, 0.1) is 6.92 Å². The molecule has 0 fully saturated rings. The zero-order valence-corrected chi connectivity index (χ0v) is 17.4. The van der Waals surface area contributed by atoms with Gasteiger partial charge in [0.25, 0.3) is 0 Å². The maximum atomic E-state index is 12.7. The van der Waals surface area contributed by atoms with E-state index in [1.807, 2.05) is 60.7 Å². The van der Waals surface area contributed by atoms with Crippen molar-refractivity contribution in [3.05, 3.63) is 83.5 Å². The fourth-order valence-corrected chi connectivity index (χ4v) is 2.98. The molecule has 31 heavy (non-hydrogen) atoms. The van der Waals surface area contributed by atoms with Gasteiger partial charge in [0, 0.05) is 19.4 Å². The van der Waals surface area contributed by atoms with E-state index in [-0.39, 0.29) is 12.5 Å². The third kappa shape index (κ3) is 7.58. The predicted octanol–water partition coefficient (Wildman–Crippen LogP) is 2.96. The molecule has 3 aromatic rings. The van der Waals surface area contributed by atoms with Gasteiger partial charge in [0.1, 0.15) is 12.6 Å². The smallest absolute Gasteiger partial charge is 0.408 e. The predicted molar refractivity (Wildman–Crippen MR) is 114 cm³/mol. The molecule has 0 aliphatic heterocycles. The lowest BCUT2D eigenvalue weighted by molar-refractivity contribution is -0.123. The first-order valence-electron chi connectivity index (χ1n) is 10.2. The van der Waals surface area contributed by atoms with Gasteiger partial charge in [-0.25, -0.2) is 4.79 Å². The highest BCUT2D eigenvalue weighted by Crippen LogP contribution is 2.06. The maximum Gasteiger partial charge on any atom is 0.408 e. The first kappa shape index (κ1) is 22.0. The molecule has 0 aliphatic carbocycles. The van der Waals surface area contributed by atoms with E-state index in [1.165, 1.54) is 0 Å². The van der Waals surface area contributed by atoms with Crippen LogP contribution in [0.1, 0.15) is 29.3 Å². The van der Waals surface area contributed by atoms with Crippen LogP contribution < -0.4 is 10.6 Å². The molecule has 1 aromatic heterocycles. The Labute approximate surface area is 181 Å². The summed E-state index contributed by atoms with van der Waals surface area (Å²) in [5.74, 6) is 0.845. The second kappa shape index (κ2) is 11.5. The van der Waals surface area contributed by atoms with Crippen LogP contribution in [0.25, 0.3) is 0 Å². The third-order valence-corrected chi connectivity index (χ3v) is 4.54. The molecule has 2 amide bonds. The Morgan fingerprint density at radius 3 is 2.35 bits per heavy atom. The van der Waals surface area contributed by atoms with E-state index in [2.05, 4.69) is 20.8 Å². The summed E-state index contributed by atoms with van der Waals surface area (Å²) in [6.45, 7) is 2.31. The summed E-state index contributed by atoms with van der Waals surface area (Å²) >= 11 is 0. The number of carbonyl (C=O) groups is 2. The SMILES string of the molecule is Cc1noc(CCCNC(=O)C(Cc2ccccc2)NC(=O)OCc2ccccc2)n1. The second-order valence-corrected chi connectivity index (χ2v) is 7.08. The highest BCUT2D eigenvalue weighted by atomic mass is 16.5. The average molecular weight is 422 g/mol. The summed E-state index contributed by atoms with van der Waals surface area (Å²) in [6.07, 6.45) is 0.929. The van der Waals surface area contributed by atoms with E-state index >= 15 is 0 Å². The largest absolute Gasteiger partial charge is 0.445 e. The van der Waals surface area contributed by atoms with Crippen molar-refractivity contribution in [2.45, 2.75) is 38.8 Å². The lowest BCUT2D eigenvalue weighted by Gasteiger charge is -2.18. The van der Waals surface area contributed by atoms with Gasteiger partial charge in [-0.3, -0.25) is 4.79 Å². The van der Waals surface area contributed by atoms with Crippen LogP contribution >= 0.6 is 0 Å². The Morgan fingerprint density at radius 2 is 1.71 bits per heavy atom. The van der Waals surface area contributed by atoms with Gasteiger partial charge in [-0.05, 0) is 24.5 Å². The molecular weight excluding hydrogens is 396 g/mol. The monoisotopic (exact) mass is 422 g/mol. The van der Waals surface area contributed by atoms with Crippen molar-refractivity contribution >= 4 is 12.0 Å². The van der Waals surface area contributed by atoms with Crippen molar-refractivity contribution in [1.82, 2.24) is 20.8 Å². The number of amides is 2. The van der Waals surface area contributed by atoms with Gasteiger partial charge in [-0.1, -0.05) is 65.8 Å². The summed E-state index contributed by atoms with van der Waals surface area (Å²) in [4.78, 5) is 29.2. The fourth-order valence-electron chi connectivity index (χ4n) is 2.98. The number of rotatable bonds is 10. The molecule has 3 rings (SSSR count). The molecule has 1 unspecified atom stereocenters. The summed E-state index contributed by atoms with van der Waals surface area (Å²) in [5.41, 5.74) is 1.81. The Kier molecular flexibility index (Phi) is 8.16. The zero-order valence-electron chi connectivity index (χ0n) is 17.4. The number of aromatic nitrogens is 2. The number of hydrogen-bond acceptors (Lipinski definition) is 6. The van der Waals surface area contributed by atoms with Gasteiger partial charge in [0.2, 0.25) is 11.8 Å². The van der Waals surface area contributed by atoms with Gasteiger partial charge < -0.3 is 19.9 Å². The number of benzene rings is 2. The minimum atomic E-state index is -0.753. The lowest BCUT2D eigenvalue weighted by atomic mass is 10.1. The molecule has 0 saturated heterocycles. The van der Waals surface area contributed by atoms with Gasteiger partial charge in [-0.2, -0.15) is 4.98 Å². The molecule has 1 heterocycles. The van der Waals surface area contributed by atoms with Crippen LogP contribution in [-0.4, -0.2) is 34.7 Å². The lowest BCUT2D eigenvalue weighted by Crippen LogP contribution is -2.48. The number of nitrogens with zero attached hydrogens (tertiary/aromatic N) is 2. The van der Waals surface area contributed by atoms with Crippen molar-refractivity contribution in [2.75, 3.05) is 6.54 Å². The van der Waals surface area contributed by atoms with E-state index in [9.17, 15) is 9.59 Å². The van der Waals surface area contributed by atoms with Crippen LogP contribution in [0.15, 0.2) is 65.2 Å². The van der Waals surface area contributed by atoms with Gasteiger partial charge in [0.05, 0.1) is 0 Å². The van der Waals surface area contributed by atoms with Gasteiger partial charge >= 0.3 is 6.09 Å². The summed E-state index contributed by atoms with van der Waals surface area (Å²) in [5, 5.41) is 9.29. The number of carbonyl (C=O) groups excluding carboxylic acids is 2. The zero-order chi connectivity index (χ0) is 21.9. The molecule has 1 atom stereocenters. The normalized spacial score (nSPS) is 11.5. The summed E-state index contributed by atoms with van der Waals surface area (Å²) in [7, 11) is 0. The van der Waals surface area contributed by atoms with Gasteiger partial charge in [0.15, 0.2) is 5.82 Å². The Bertz CT molecular complexity index is 960.